The second-order valence-corrected chi connectivity index (χ2v) is 4.70. The lowest BCUT2D eigenvalue weighted by molar-refractivity contribution is 0.0695. The molecule has 1 aliphatic heterocycles. The number of benzene rings is 2. The molecule has 0 radical (unpaired) electrons. The minimum absolute atomic E-state index is 0.347. The van der Waals surface area contributed by atoms with Gasteiger partial charge in [-0.1, -0.05) is 36.4 Å². The van der Waals surface area contributed by atoms with E-state index in [4.69, 9.17) is 0 Å². The van der Waals surface area contributed by atoms with Gasteiger partial charge in [0.05, 0.1) is 10.9 Å². The summed E-state index contributed by atoms with van der Waals surface area (Å²) in [4.78, 5) is 17.7. The number of carbonyl (C=O) groups is 1. The van der Waals surface area contributed by atoms with Gasteiger partial charge in [0.2, 0.25) is 0 Å². The summed E-state index contributed by atoms with van der Waals surface area (Å²) in [6, 6.07) is 15.0. The van der Waals surface area contributed by atoms with Gasteiger partial charge in [0, 0.05) is 18.0 Å². The number of nitrogens with zero attached hydrogens (tertiary/aromatic N) is 2. The Morgan fingerprint density at radius 3 is 2.75 bits per heavy atom. The van der Waals surface area contributed by atoms with Gasteiger partial charge in [-0.25, -0.2) is 4.79 Å². The highest BCUT2D eigenvalue weighted by Crippen LogP contribution is 2.12. The lowest BCUT2D eigenvalue weighted by Gasteiger charge is -2.21. The maximum atomic E-state index is 11.2. The molecule has 100 valence electrons. The van der Waals surface area contributed by atoms with Crippen LogP contribution in [-0.4, -0.2) is 22.6 Å². The lowest BCUT2D eigenvalue weighted by Crippen LogP contribution is -2.35. The van der Waals surface area contributed by atoms with Crippen LogP contribution in [0.2, 0.25) is 0 Å². The van der Waals surface area contributed by atoms with Crippen LogP contribution in [-0.2, 0) is 6.54 Å². The van der Waals surface area contributed by atoms with Crippen LogP contribution in [0.3, 0.4) is 0 Å². The maximum Gasteiger partial charge on any atom is 0.336 e. The predicted molar refractivity (Wildman–Crippen MR) is 75.5 cm³/mol. The summed E-state index contributed by atoms with van der Waals surface area (Å²) >= 11 is 0. The van der Waals surface area contributed by atoms with Gasteiger partial charge in [0.25, 0.3) is 0 Å². The van der Waals surface area contributed by atoms with Gasteiger partial charge in [-0.3, -0.25) is 4.99 Å². The first-order valence-electron chi connectivity index (χ1n) is 6.41. The average Bonchev–Trinajstić information content (AvgIpc) is 2.47. The molecule has 1 heterocycles. The molecule has 0 saturated carbocycles. The van der Waals surface area contributed by atoms with Gasteiger partial charge in [-0.05, 0) is 17.7 Å². The van der Waals surface area contributed by atoms with Crippen molar-refractivity contribution in [2.75, 3.05) is 6.67 Å². The highest BCUT2D eigenvalue weighted by atomic mass is 16.4. The topological polar surface area (TPSA) is 52.9 Å². The van der Waals surface area contributed by atoms with Crippen LogP contribution in [0.4, 0.5) is 0 Å². The Morgan fingerprint density at radius 1 is 1.15 bits per heavy atom. The van der Waals surface area contributed by atoms with Crippen LogP contribution >= 0.6 is 0 Å². The molecule has 1 N–H and O–H groups in total. The highest BCUT2D eigenvalue weighted by Gasteiger charge is 2.12. The average molecular weight is 266 g/mol. The van der Waals surface area contributed by atoms with E-state index in [1.54, 1.807) is 12.1 Å². The molecule has 3 rings (SSSR count). The van der Waals surface area contributed by atoms with E-state index in [-0.39, 0.29) is 0 Å². The van der Waals surface area contributed by atoms with Crippen LogP contribution in [0.25, 0.3) is 6.20 Å². The van der Waals surface area contributed by atoms with Gasteiger partial charge in [0.1, 0.15) is 6.67 Å². The molecule has 20 heavy (non-hydrogen) atoms. The molecular formula is C16H14N2O2. The van der Waals surface area contributed by atoms with Crippen LogP contribution in [0.15, 0.2) is 53.5 Å². The number of para-hydroxylation sites is 1. The highest BCUT2D eigenvalue weighted by molar-refractivity contribution is 5.89. The van der Waals surface area contributed by atoms with E-state index >= 15 is 0 Å². The smallest absolute Gasteiger partial charge is 0.336 e. The van der Waals surface area contributed by atoms with E-state index in [0.717, 1.165) is 16.1 Å². The number of aromatic carboxylic acids is 1. The Hall–Kier alpha value is -2.62. The van der Waals surface area contributed by atoms with Crippen LogP contribution < -0.4 is 10.6 Å². The first-order valence-corrected chi connectivity index (χ1v) is 6.41. The lowest BCUT2D eigenvalue weighted by atomic mass is 10.1. The summed E-state index contributed by atoms with van der Waals surface area (Å²) in [5.74, 6) is -0.894. The fourth-order valence-electron chi connectivity index (χ4n) is 2.33. The van der Waals surface area contributed by atoms with Crippen molar-refractivity contribution in [3.63, 3.8) is 0 Å². The van der Waals surface area contributed by atoms with Crippen molar-refractivity contribution in [3.05, 3.63) is 70.2 Å². The van der Waals surface area contributed by atoms with Crippen molar-refractivity contribution in [2.24, 2.45) is 4.99 Å². The van der Waals surface area contributed by atoms with E-state index < -0.39 is 5.97 Å². The molecule has 4 heteroatoms. The molecule has 0 aromatic heterocycles. The molecule has 0 bridgehead atoms. The summed E-state index contributed by atoms with van der Waals surface area (Å²) in [6.07, 6.45) is 2.03. The fourth-order valence-corrected chi connectivity index (χ4v) is 2.33. The summed E-state index contributed by atoms with van der Waals surface area (Å²) in [5, 5.41) is 11.2. The second-order valence-electron chi connectivity index (χ2n) is 4.70. The monoisotopic (exact) mass is 266 g/mol. The summed E-state index contributed by atoms with van der Waals surface area (Å²) in [7, 11) is 0. The van der Waals surface area contributed by atoms with Crippen molar-refractivity contribution in [1.29, 1.82) is 0 Å². The standard InChI is InChI=1S/C16H14N2O2/c19-16(20)14-7-3-1-5-12(14)9-18-10-13-6-2-4-8-15(13)17-11-18/h1-8,10H,9,11H2,(H,19,20). The third-order valence-corrected chi connectivity index (χ3v) is 3.30. The zero-order valence-electron chi connectivity index (χ0n) is 10.9. The van der Waals surface area contributed by atoms with Gasteiger partial charge in [-0.2, -0.15) is 0 Å². The third kappa shape index (κ3) is 2.40. The minimum atomic E-state index is -0.894. The van der Waals surface area contributed by atoms with Gasteiger partial charge in [-0.15, -0.1) is 0 Å². The van der Waals surface area contributed by atoms with E-state index in [1.165, 1.54) is 0 Å². The number of carboxylic acids is 1. The van der Waals surface area contributed by atoms with Crippen molar-refractivity contribution >= 4 is 12.2 Å². The first kappa shape index (κ1) is 12.4. The minimum Gasteiger partial charge on any atom is -0.478 e. The summed E-state index contributed by atoms with van der Waals surface area (Å²) in [5.41, 5.74) is 1.14. The van der Waals surface area contributed by atoms with Crippen LogP contribution in [0.5, 0.6) is 0 Å². The van der Waals surface area contributed by atoms with Crippen molar-refractivity contribution < 1.29 is 9.90 Å². The Bertz CT molecular complexity index is 768. The Balaban J connectivity index is 1.91. The van der Waals surface area contributed by atoms with E-state index in [0.29, 0.717) is 18.8 Å². The zero-order valence-corrected chi connectivity index (χ0v) is 10.9. The molecule has 0 spiro atoms. The molecule has 0 amide bonds. The maximum absolute atomic E-state index is 11.2. The van der Waals surface area contributed by atoms with E-state index in [9.17, 15) is 9.90 Å². The SMILES string of the molecule is O=C(O)c1ccccc1CN1C=c2ccccc2=NC1. The van der Waals surface area contributed by atoms with Crippen molar-refractivity contribution in [1.82, 2.24) is 4.90 Å². The number of hydrogen-bond donors (Lipinski definition) is 1. The third-order valence-electron chi connectivity index (χ3n) is 3.30. The Labute approximate surface area is 116 Å². The molecule has 0 unspecified atom stereocenters. The zero-order chi connectivity index (χ0) is 13.9. The molecule has 2 aromatic carbocycles. The molecule has 2 aromatic rings. The number of rotatable bonds is 3. The van der Waals surface area contributed by atoms with Crippen molar-refractivity contribution in [3.8, 4) is 0 Å². The molecule has 1 aliphatic rings. The predicted octanol–water partition coefficient (Wildman–Crippen LogP) is 1.22. The number of fused-ring (bicyclic) bond motifs is 1. The first-order chi connectivity index (χ1) is 9.74. The number of hydrogen-bond acceptors (Lipinski definition) is 3. The van der Waals surface area contributed by atoms with Gasteiger partial charge < -0.3 is 10.0 Å². The normalized spacial score (nSPS) is 13.1. The number of carboxylic acid groups (broad SMARTS) is 1. The van der Waals surface area contributed by atoms with Gasteiger partial charge >= 0.3 is 5.97 Å². The molecule has 0 fully saturated rings. The molecule has 4 nitrogen and oxygen atoms in total. The van der Waals surface area contributed by atoms with Crippen LogP contribution in [0, 0.1) is 0 Å². The quantitative estimate of drug-likeness (QED) is 0.908. The van der Waals surface area contributed by atoms with Crippen molar-refractivity contribution in [2.45, 2.75) is 6.54 Å². The molecule has 0 aliphatic carbocycles. The largest absolute Gasteiger partial charge is 0.478 e. The van der Waals surface area contributed by atoms with E-state index in [2.05, 4.69) is 4.99 Å². The van der Waals surface area contributed by atoms with E-state index in [1.807, 2.05) is 47.5 Å². The van der Waals surface area contributed by atoms with Gasteiger partial charge in [0.15, 0.2) is 0 Å². The fraction of sp³-hybridized carbons (Fsp3) is 0.125. The Morgan fingerprint density at radius 2 is 1.90 bits per heavy atom. The molecular weight excluding hydrogens is 252 g/mol. The Kier molecular flexibility index (Phi) is 3.21. The second kappa shape index (κ2) is 5.17. The molecule has 0 atom stereocenters. The summed E-state index contributed by atoms with van der Waals surface area (Å²) < 4.78 is 0. The van der Waals surface area contributed by atoms with Crippen LogP contribution in [0.1, 0.15) is 15.9 Å². The molecule has 0 saturated heterocycles. The summed E-state index contributed by atoms with van der Waals surface area (Å²) in [6.45, 7) is 1.09.